The van der Waals surface area contributed by atoms with Crippen molar-refractivity contribution in [3.63, 3.8) is 0 Å². The van der Waals surface area contributed by atoms with Crippen LogP contribution in [0.2, 0.25) is 0 Å². The van der Waals surface area contributed by atoms with E-state index in [1.54, 1.807) is 33.1 Å². The zero-order chi connectivity index (χ0) is 27.3. The lowest BCUT2D eigenvalue weighted by Crippen LogP contribution is -2.39. The predicted molar refractivity (Wildman–Crippen MR) is 151 cm³/mol. The maximum absolute atomic E-state index is 13.2. The van der Waals surface area contributed by atoms with Gasteiger partial charge in [-0.2, -0.15) is 0 Å². The van der Waals surface area contributed by atoms with Crippen LogP contribution in [0.15, 0.2) is 41.3 Å². The van der Waals surface area contributed by atoms with Gasteiger partial charge in [0.1, 0.15) is 5.75 Å². The predicted octanol–water partition coefficient (Wildman–Crippen LogP) is 4.76. The van der Waals surface area contributed by atoms with E-state index in [9.17, 15) is 13.2 Å². The van der Waals surface area contributed by atoms with Crippen LogP contribution in [0.1, 0.15) is 73.1 Å². The Labute approximate surface area is 228 Å². The molecule has 1 aliphatic carbocycles. The Kier molecular flexibility index (Phi) is 9.50. The molecule has 1 aliphatic heterocycles. The van der Waals surface area contributed by atoms with Gasteiger partial charge in [-0.15, -0.1) is 0 Å². The van der Waals surface area contributed by atoms with Gasteiger partial charge in [0.05, 0.1) is 12.0 Å². The number of aryl methyl sites for hydroxylation is 2. The summed E-state index contributed by atoms with van der Waals surface area (Å²) >= 11 is 0. The average molecular weight is 542 g/mol. The minimum Gasteiger partial charge on any atom is -0.497 e. The van der Waals surface area contributed by atoms with Crippen molar-refractivity contribution in [3.05, 3.63) is 58.7 Å². The molecule has 2 aromatic rings. The monoisotopic (exact) mass is 541 g/mol. The Hall–Kier alpha value is -2.42. The van der Waals surface area contributed by atoms with Crippen molar-refractivity contribution in [3.8, 4) is 5.75 Å². The van der Waals surface area contributed by atoms with E-state index in [2.05, 4.69) is 34.5 Å². The zero-order valence-electron chi connectivity index (χ0n) is 23.3. The van der Waals surface area contributed by atoms with Crippen molar-refractivity contribution in [2.45, 2.75) is 82.2 Å². The Morgan fingerprint density at radius 1 is 1.03 bits per heavy atom. The number of carbonyl (C=O) groups is 1. The van der Waals surface area contributed by atoms with Crippen LogP contribution in [0, 0.1) is 13.8 Å². The van der Waals surface area contributed by atoms with Gasteiger partial charge in [-0.1, -0.05) is 24.3 Å². The summed E-state index contributed by atoms with van der Waals surface area (Å²) in [5, 5.41) is 3.14. The number of nitrogens with one attached hydrogen (secondary N) is 1. The first-order valence-electron chi connectivity index (χ1n) is 13.9. The van der Waals surface area contributed by atoms with Crippen molar-refractivity contribution in [1.82, 2.24) is 14.5 Å². The van der Waals surface area contributed by atoms with Gasteiger partial charge in [0.25, 0.3) is 0 Å². The maximum atomic E-state index is 13.2. The second-order valence-corrected chi connectivity index (χ2v) is 13.0. The Bertz CT molecular complexity index is 1180. The van der Waals surface area contributed by atoms with Crippen LogP contribution >= 0.6 is 0 Å². The quantitative estimate of drug-likeness (QED) is 0.469. The average Bonchev–Trinajstić information content (AvgIpc) is 3.40. The molecule has 1 amide bonds. The molecule has 0 radical (unpaired) electrons. The second-order valence-electron chi connectivity index (χ2n) is 11.0. The molecule has 38 heavy (non-hydrogen) atoms. The van der Waals surface area contributed by atoms with Crippen LogP contribution in [-0.2, 0) is 21.4 Å². The summed E-state index contributed by atoms with van der Waals surface area (Å²) < 4.78 is 32.9. The first-order valence-corrected chi connectivity index (χ1v) is 15.3. The summed E-state index contributed by atoms with van der Waals surface area (Å²) in [6.45, 7) is 7.15. The molecule has 0 bridgehead atoms. The van der Waals surface area contributed by atoms with E-state index >= 15 is 0 Å². The van der Waals surface area contributed by atoms with Crippen molar-refractivity contribution in [2.75, 3.05) is 33.8 Å². The molecule has 1 heterocycles. The molecule has 2 aliphatic rings. The lowest BCUT2D eigenvalue weighted by Gasteiger charge is -2.30. The van der Waals surface area contributed by atoms with Crippen LogP contribution in [0.5, 0.6) is 5.75 Å². The van der Waals surface area contributed by atoms with Crippen LogP contribution in [-0.4, -0.2) is 63.4 Å². The Morgan fingerprint density at radius 3 is 2.21 bits per heavy atom. The number of hydrogen-bond acceptors (Lipinski definition) is 5. The molecular weight excluding hydrogens is 498 g/mol. The first kappa shape index (κ1) is 28.6. The minimum atomic E-state index is -3.71. The van der Waals surface area contributed by atoms with Crippen molar-refractivity contribution >= 4 is 15.9 Å². The number of likely N-dealkylation sites (tertiary alicyclic amines) is 1. The number of benzene rings is 2. The van der Waals surface area contributed by atoms with Gasteiger partial charge in [-0.3, -0.25) is 9.69 Å². The molecule has 1 N–H and O–H groups in total. The third kappa shape index (κ3) is 6.96. The van der Waals surface area contributed by atoms with E-state index < -0.39 is 10.0 Å². The molecule has 1 saturated carbocycles. The highest BCUT2D eigenvalue weighted by Gasteiger charge is 2.27. The molecule has 2 aromatic carbocycles. The number of ether oxygens (including phenoxy) is 1. The molecule has 2 fully saturated rings. The van der Waals surface area contributed by atoms with E-state index in [0.717, 1.165) is 32.2 Å². The summed E-state index contributed by atoms with van der Waals surface area (Å²) in [6, 6.07) is 12.7. The summed E-state index contributed by atoms with van der Waals surface area (Å²) in [6.07, 6.45) is 6.78. The largest absolute Gasteiger partial charge is 0.497 e. The molecular formula is C30H43N3O4S. The number of methoxy groups -OCH3 is 1. The van der Waals surface area contributed by atoms with Gasteiger partial charge >= 0.3 is 0 Å². The van der Waals surface area contributed by atoms with Gasteiger partial charge in [0.15, 0.2) is 0 Å². The number of nitrogens with zero attached hydrogens (tertiary/aromatic N) is 2. The first-order chi connectivity index (χ1) is 18.2. The van der Waals surface area contributed by atoms with Gasteiger partial charge in [-0.25, -0.2) is 12.7 Å². The van der Waals surface area contributed by atoms with Crippen LogP contribution in [0.25, 0.3) is 0 Å². The van der Waals surface area contributed by atoms with Crippen molar-refractivity contribution in [1.29, 1.82) is 0 Å². The molecule has 4 rings (SSSR count). The molecule has 1 saturated heterocycles. The molecule has 0 atom stereocenters. The summed E-state index contributed by atoms with van der Waals surface area (Å²) in [7, 11) is -0.610. The normalized spacial score (nSPS) is 20.6. The lowest BCUT2D eigenvalue weighted by molar-refractivity contribution is -0.122. The van der Waals surface area contributed by atoms with Crippen molar-refractivity contribution in [2.24, 2.45) is 0 Å². The van der Waals surface area contributed by atoms with E-state index in [-0.39, 0.29) is 29.8 Å². The molecule has 0 unspecified atom stereocenters. The van der Waals surface area contributed by atoms with E-state index in [0.29, 0.717) is 22.8 Å². The van der Waals surface area contributed by atoms with Gasteiger partial charge in [0, 0.05) is 32.6 Å². The third-order valence-electron chi connectivity index (χ3n) is 8.14. The summed E-state index contributed by atoms with van der Waals surface area (Å²) in [5.74, 6) is 1.08. The SMILES string of the molecule is COc1cc(C)c(S(=O)(=O)N(C)CCC(=O)NC2CCC(c3ccc(CN4CCCC4)cc3)CC2)c(C)c1. The van der Waals surface area contributed by atoms with E-state index in [1.165, 1.54) is 48.4 Å². The highest BCUT2D eigenvalue weighted by molar-refractivity contribution is 7.89. The standard InChI is InChI=1S/C30H43N3O4S/c1-22-19-28(37-4)20-23(2)30(22)38(35,36)32(3)18-15-29(34)31-27-13-11-26(12-14-27)25-9-7-24(8-10-25)21-33-16-5-6-17-33/h7-10,19-20,26-27H,5-6,11-18,21H2,1-4H3,(H,31,34). The van der Waals surface area contributed by atoms with Gasteiger partial charge in [-0.05, 0) is 106 Å². The van der Waals surface area contributed by atoms with Gasteiger partial charge in [0.2, 0.25) is 15.9 Å². The lowest BCUT2D eigenvalue weighted by atomic mass is 9.81. The Morgan fingerprint density at radius 2 is 1.63 bits per heavy atom. The van der Waals surface area contributed by atoms with Crippen molar-refractivity contribution < 1.29 is 17.9 Å². The molecule has 0 spiro atoms. The zero-order valence-corrected chi connectivity index (χ0v) is 24.1. The fourth-order valence-electron chi connectivity index (χ4n) is 5.94. The summed E-state index contributed by atoms with van der Waals surface area (Å²) in [5.41, 5.74) is 4.06. The molecule has 208 valence electrons. The van der Waals surface area contributed by atoms with Crippen LogP contribution in [0.4, 0.5) is 0 Å². The van der Waals surface area contributed by atoms with Crippen LogP contribution in [0.3, 0.4) is 0 Å². The number of hydrogen-bond donors (Lipinski definition) is 1. The maximum Gasteiger partial charge on any atom is 0.243 e. The highest BCUT2D eigenvalue weighted by Crippen LogP contribution is 2.33. The molecule has 0 aromatic heterocycles. The highest BCUT2D eigenvalue weighted by atomic mass is 32.2. The molecule has 8 heteroatoms. The van der Waals surface area contributed by atoms with E-state index in [1.807, 2.05) is 0 Å². The second kappa shape index (κ2) is 12.6. The number of carbonyl (C=O) groups excluding carboxylic acids is 1. The topological polar surface area (TPSA) is 79.0 Å². The number of sulfonamides is 1. The summed E-state index contributed by atoms with van der Waals surface area (Å²) in [4.78, 5) is 15.5. The minimum absolute atomic E-state index is 0.0926. The fraction of sp³-hybridized carbons (Fsp3) is 0.567. The third-order valence-corrected chi connectivity index (χ3v) is 10.3. The Balaban J connectivity index is 1.23. The van der Waals surface area contributed by atoms with E-state index in [4.69, 9.17) is 4.74 Å². The fourth-order valence-corrected chi connectivity index (χ4v) is 7.51. The van der Waals surface area contributed by atoms with Gasteiger partial charge < -0.3 is 10.1 Å². The number of amides is 1. The van der Waals surface area contributed by atoms with Crippen LogP contribution < -0.4 is 10.1 Å². The smallest absolute Gasteiger partial charge is 0.243 e. The number of rotatable bonds is 10. The molecule has 7 nitrogen and oxygen atoms in total.